The quantitative estimate of drug-likeness (QED) is 0.353. The third-order valence-corrected chi connectivity index (χ3v) is 5.23. The highest BCUT2D eigenvalue weighted by molar-refractivity contribution is 9.10. The van der Waals surface area contributed by atoms with Gasteiger partial charge in [0.25, 0.3) is 0 Å². The third-order valence-electron chi connectivity index (χ3n) is 4.73. The van der Waals surface area contributed by atoms with Crippen molar-refractivity contribution in [2.24, 2.45) is 0 Å². The van der Waals surface area contributed by atoms with Gasteiger partial charge in [-0.25, -0.2) is 0 Å². The number of fused-ring (bicyclic) bond motifs is 1. The Hall–Kier alpha value is -3.38. The van der Waals surface area contributed by atoms with E-state index in [-0.39, 0.29) is 5.91 Å². The van der Waals surface area contributed by atoms with Gasteiger partial charge in [0.1, 0.15) is 11.3 Å². The smallest absolute Gasteiger partial charge is 0.248 e. The van der Waals surface area contributed by atoms with Gasteiger partial charge in [-0.1, -0.05) is 28.1 Å². The Bertz CT molecular complexity index is 1250. The molecule has 2 aromatic heterocycles. The number of aromatic nitrogens is 1. The second kappa shape index (κ2) is 8.55. The van der Waals surface area contributed by atoms with Crippen LogP contribution >= 0.6 is 15.9 Å². The van der Waals surface area contributed by atoms with Crippen LogP contribution in [0.2, 0.25) is 0 Å². The van der Waals surface area contributed by atoms with E-state index < -0.39 is 0 Å². The summed E-state index contributed by atoms with van der Waals surface area (Å²) < 4.78 is 12.3. The standard InChI is InChI=1S/C24H19BrN2O3/c1-15(9-24(28)27-18-7-4-8-26-13-18)19-11-20-21(16-5-3-6-17(25)10-16)14-30-23(20)12-22(19)29-2/h3-14H,1-2H3,(H,27,28)/b15-9+. The minimum absolute atomic E-state index is 0.234. The van der Waals surface area contributed by atoms with Gasteiger partial charge in [0.05, 0.1) is 25.3 Å². The van der Waals surface area contributed by atoms with E-state index >= 15 is 0 Å². The number of carbonyl (C=O) groups excluding carboxylic acids is 1. The number of amides is 1. The van der Waals surface area contributed by atoms with Crippen molar-refractivity contribution in [3.05, 3.63) is 83.3 Å². The van der Waals surface area contributed by atoms with Crippen LogP contribution in [0.15, 0.2) is 82.2 Å². The molecule has 1 N–H and O–H groups in total. The fourth-order valence-corrected chi connectivity index (χ4v) is 3.70. The Balaban J connectivity index is 1.73. The number of hydrogen-bond donors (Lipinski definition) is 1. The van der Waals surface area contributed by atoms with Gasteiger partial charge in [-0.05, 0) is 48.4 Å². The summed E-state index contributed by atoms with van der Waals surface area (Å²) >= 11 is 3.52. The van der Waals surface area contributed by atoms with Crippen molar-refractivity contribution in [2.45, 2.75) is 6.92 Å². The molecule has 0 atom stereocenters. The van der Waals surface area contributed by atoms with Crippen LogP contribution in [0.3, 0.4) is 0 Å². The van der Waals surface area contributed by atoms with Gasteiger partial charge in [0.15, 0.2) is 0 Å². The number of pyridine rings is 1. The molecule has 6 heteroatoms. The topological polar surface area (TPSA) is 64.4 Å². The first-order valence-electron chi connectivity index (χ1n) is 9.30. The van der Waals surface area contributed by atoms with Crippen molar-refractivity contribution in [2.75, 3.05) is 12.4 Å². The summed E-state index contributed by atoms with van der Waals surface area (Å²) in [6.45, 7) is 1.88. The van der Waals surface area contributed by atoms with Gasteiger partial charge in [0, 0.05) is 39.3 Å². The molecular formula is C24H19BrN2O3. The molecular weight excluding hydrogens is 444 g/mol. The number of carbonyl (C=O) groups is 1. The molecule has 0 aliphatic carbocycles. The van der Waals surface area contributed by atoms with Crippen molar-refractivity contribution in [1.29, 1.82) is 0 Å². The second-order valence-corrected chi connectivity index (χ2v) is 7.68. The molecule has 2 aromatic carbocycles. The molecule has 5 nitrogen and oxygen atoms in total. The summed E-state index contributed by atoms with van der Waals surface area (Å²) in [4.78, 5) is 16.5. The van der Waals surface area contributed by atoms with Crippen LogP contribution in [-0.4, -0.2) is 18.0 Å². The van der Waals surface area contributed by atoms with Crippen LogP contribution in [0, 0.1) is 0 Å². The average molecular weight is 463 g/mol. The first-order chi connectivity index (χ1) is 14.5. The molecule has 0 bridgehead atoms. The van der Waals surface area contributed by atoms with Gasteiger partial charge >= 0.3 is 0 Å². The van der Waals surface area contributed by atoms with Gasteiger partial charge in [-0.2, -0.15) is 0 Å². The van der Waals surface area contributed by atoms with E-state index in [1.165, 1.54) is 0 Å². The number of furan rings is 1. The summed E-state index contributed by atoms with van der Waals surface area (Å²) in [5, 5.41) is 3.76. The van der Waals surface area contributed by atoms with Crippen molar-refractivity contribution in [1.82, 2.24) is 4.98 Å². The van der Waals surface area contributed by atoms with Crippen LogP contribution in [0.1, 0.15) is 12.5 Å². The van der Waals surface area contributed by atoms with E-state index in [1.54, 1.807) is 44.0 Å². The Kier molecular flexibility index (Phi) is 5.68. The molecule has 0 spiro atoms. The fraction of sp³-hybridized carbons (Fsp3) is 0.0833. The van der Waals surface area contributed by atoms with Crippen LogP contribution in [0.25, 0.3) is 27.7 Å². The number of methoxy groups -OCH3 is 1. The highest BCUT2D eigenvalue weighted by atomic mass is 79.9. The van der Waals surface area contributed by atoms with Crippen molar-refractivity contribution in [3.8, 4) is 16.9 Å². The zero-order valence-corrected chi connectivity index (χ0v) is 18.1. The largest absolute Gasteiger partial charge is 0.496 e. The highest BCUT2D eigenvalue weighted by Gasteiger charge is 2.15. The Morgan fingerprint density at radius 3 is 2.80 bits per heavy atom. The fourth-order valence-electron chi connectivity index (χ4n) is 3.30. The van der Waals surface area contributed by atoms with E-state index in [1.807, 2.05) is 43.3 Å². The zero-order chi connectivity index (χ0) is 21.1. The molecule has 2 heterocycles. The maximum absolute atomic E-state index is 12.5. The van der Waals surface area contributed by atoms with Gasteiger partial charge in [-0.3, -0.25) is 9.78 Å². The zero-order valence-electron chi connectivity index (χ0n) is 16.5. The molecule has 0 unspecified atom stereocenters. The second-order valence-electron chi connectivity index (χ2n) is 6.77. The summed E-state index contributed by atoms with van der Waals surface area (Å²) in [7, 11) is 1.60. The first-order valence-corrected chi connectivity index (χ1v) is 10.1. The molecule has 0 radical (unpaired) electrons. The molecule has 150 valence electrons. The number of allylic oxidation sites excluding steroid dienone is 1. The van der Waals surface area contributed by atoms with Crippen LogP contribution in [-0.2, 0) is 4.79 Å². The number of hydrogen-bond acceptors (Lipinski definition) is 4. The molecule has 0 fully saturated rings. The van der Waals surface area contributed by atoms with Crippen LogP contribution in [0.4, 0.5) is 5.69 Å². The van der Waals surface area contributed by atoms with Crippen LogP contribution in [0.5, 0.6) is 5.75 Å². The molecule has 0 saturated heterocycles. The number of anilines is 1. The lowest BCUT2D eigenvalue weighted by Gasteiger charge is -2.10. The highest BCUT2D eigenvalue weighted by Crippen LogP contribution is 2.37. The van der Waals surface area contributed by atoms with E-state index in [9.17, 15) is 4.79 Å². The SMILES string of the molecule is COc1cc2occ(-c3cccc(Br)c3)c2cc1/C(C)=C/C(=O)Nc1cccnc1. The number of ether oxygens (including phenoxy) is 1. The lowest BCUT2D eigenvalue weighted by atomic mass is 9.99. The van der Waals surface area contributed by atoms with Crippen LogP contribution < -0.4 is 10.1 Å². The summed E-state index contributed by atoms with van der Waals surface area (Å²) in [5.74, 6) is 0.405. The normalized spacial score (nSPS) is 11.5. The summed E-state index contributed by atoms with van der Waals surface area (Å²) in [5.41, 5.74) is 4.97. The van der Waals surface area contributed by atoms with Gasteiger partial charge < -0.3 is 14.5 Å². The van der Waals surface area contributed by atoms with Crippen molar-refractivity contribution >= 4 is 44.1 Å². The lowest BCUT2D eigenvalue weighted by Crippen LogP contribution is -2.08. The molecule has 4 rings (SSSR count). The van der Waals surface area contributed by atoms with Crippen molar-refractivity contribution in [3.63, 3.8) is 0 Å². The molecule has 0 saturated carbocycles. The summed E-state index contributed by atoms with van der Waals surface area (Å²) in [6, 6.07) is 15.4. The number of rotatable bonds is 5. The van der Waals surface area contributed by atoms with Crippen molar-refractivity contribution < 1.29 is 13.9 Å². The molecule has 0 aliphatic rings. The predicted molar refractivity (Wildman–Crippen MR) is 122 cm³/mol. The lowest BCUT2D eigenvalue weighted by molar-refractivity contribution is -0.111. The number of nitrogens with one attached hydrogen (secondary N) is 1. The number of nitrogens with zero attached hydrogens (tertiary/aromatic N) is 1. The molecule has 1 amide bonds. The maximum atomic E-state index is 12.5. The molecule has 4 aromatic rings. The third kappa shape index (κ3) is 4.14. The van der Waals surface area contributed by atoms with Gasteiger partial charge in [0.2, 0.25) is 5.91 Å². The van der Waals surface area contributed by atoms with E-state index in [0.717, 1.165) is 37.7 Å². The number of benzene rings is 2. The Labute approximate surface area is 182 Å². The predicted octanol–water partition coefficient (Wildman–Crippen LogP) is 6.31. The van der Waals surface area contributed by atoms with Gasteiger partial charge in [-0.15, -0.1) is 0 Å². The van der Waals surface area contributed by atoms with E-state index in [2.05, 4.69) is 26.2 Å². The Morgan fingerprint density at radius 2 is 2.07 bits per heavy atom. The minimum atomic E-state index is -0.234. The maximum Gasteiger partial charge on any atom is 0.248 e. The average Bonchev–Trinajstić information content (AvgIpc) is 3.16. The first kappa shape index (κ1) is 19.9. The molecule has 0 aliphatic heterocycles. The summed E-state index contributed by atoms with van der Waals surface area (Å²) in [6.07, 6.45) is 6.55. The monoisotopic (exact) mass is 462 g/mol. The Morgan fingerprint density at radius 1 is 1.20 bits per heavy atom. The van der Waals surface area contributed by atoms with E-state index in [4.69, 9.17) is 9.15 Å². The molecule has 30 heavy (non-hydrogen) atoms. The minimum Gasteiger partial charge on any atom is -0.496 e. The van der Waals surface area contributed by atoms with E-state index in [0.29, 0.717) is 11.4 Å². The number of halogens is 1.